The van der Waals surface area contributed by atoms with Crippen LogP contribution in [0.3, 0.4) is 0 Å². The molecule has 6 nitrogen and oxygen atoms in total. The normalized spacial score (nSPS) is 16.7. The topological polar surface area (TPSA) is 76.1 Å². The van der Waals surface area contributed by atoms with Gasteiger partial charge in [-0.2, -0.15) is 0 Å². The van der Waals surface area contributed by atoms with E-state index in [1.165, 1.54) is 0 Å². The van der Waals surface area contributed by atoms with Crippen LogP contribution < -0.4 is 10.9 Å². The molecule has 1 aliphatic rings. The Balaban J connectivity index is 1.59. The minimum atomic E-state index is -0.187. The van der Waals surface area contributed by atoms with Gasteiger partial charge in [-0.15, -0.1) is 11.3 Å². The van der Waals surface area contributed by atoms with E-state index >= 15 is 0 Å². The molecule has 0 radical (unpaired) electrons. The largest absolute Gasteiger partial charge is 0.376 e. The average molecular weight is 402 g/mol. The van der Waals surface area contributed by atoms with Crippen molar-refractivity contribution in [3.05, 3.63) is 61.3 Å². The van der Waals surface area contributed by atoms with Crippen LogP contribution in [0.4, 0.5) is 0 Å². The molecule has 1 fully saturated rings. The third-order valence-corrected chi connectivity index (χ3v) is 5.86. The molecule has 0 spiro atoms. The Labute approximate surface area is 164 Å². The van der Waals surface area contributed by atoms with Gasteiger partial charge in [-0.05, 0) is 54.7 Å². The van der Waals surface area contributed by atoms with Crippen molar-refractivity contribution in [2.24, 2.45) is 0 Å². The molecule has 140 valence electrons. The zero-order chi connectivity index (χ0) is 18.8. The maximum Gasteiger partial charge on any atom is 0.262 e. The van der Waals surface area contributed by atoms with E-state index in [1.54, 1.807) is 34.1 Å². The molecule has 2 N–H and O–H groups in total. The highest BCUT2D eigenvalue weighted by atomic mass is 32.1. The molecule has 8 heteroatoms. The molecule has 1 aromatic carbocycles. The molecular formula is C19H19N3O3S2. The number of hydrogen-bond acceptors (Lipinski definition) is 5. The number of hydrogen-bond donors (Lipinski definition) is 2. The molecule has 1 aliphatic heterocycles. The number of thiophene rings is 1. The van der Waals surface area contributed by atoms with E-state index in [1.807, 2.05) is 17.5 Å². The molecule has 0 bridgehead atoms. The summed E-state index contributed by atoms with van der Waals surface area (Å²) in [4.78, 5) is 29.4. The number of carbonyl (C=O) groups excluding carboxylic acids is 1. The first-order valence-corrected chi connectivity index (χ1v) is 10.1. The second-order valence-electron chi connectivity index (χ2n) is 6.50. The van der Waals surface area contributed by atoms with Crippen LogP contribution in [-0.2, 0) is 17.8 Å². The number of benzene rings is 1. The first kappa shape index (κ1) is 18.1. The number of nitrogens with zero attached hydrogens (tertiary/aromatic N) is 1. The lowest BCUT2D eigenvalue weighted by molar-refractivity contribution is 0.0950. The number of ether oxygens (including phenoxy) is 1. The SMILES string of the molecule is O=C(NCc1cccs1)c1ccc2c(=O)n(C[C@@H]3CCCO3)c(=S)[nH]c2c1. The Morgan fingerprint density at radius 1 is 1.41 bits per heavy atom. The highest BCUT2D eigenvalue weighted by Crippen LogP contribution is 2.16. The molecule has 0 aliphatic carbocycles. The molecule has 27 heavy (non-hydrogen) atoms. The Hall–Kier alpha value is -2.29. The van der Waals surface area contributed by atoms with Gasteiger partial charge < -0.3 is 15.0 Å². The standard InChI is InChI=1S/C19H19N3O3S2/c23-17(20-10-14-4-2-8-27-14)12-5-6-15-16(9-12)21-19(26)22(18(15)24)11-13-3-1-7-25-13/h2,4-6,8-9,13H,1,3,7,10-11H2,(H,20,23)(H,21,26)/t13-/m0/s1. The fraction of sp³-hybridized carbons (Fsp3) is 0.316. The van der Waals surface area contributed by atoms with Crippen LogP contribution in [-0.4, -0.2) is 28.2 Å². The Morgan fingerprint density at radius 3 is 3.04 bits per heavy atom. The first-order chi connectivity index (χ1) is 13.1. The van der Waals surface area contributed by atoms with Crippen LogP contribution in [0.5, 0.6) is 0 Å². The number of H-pyrrole nitrogens is 1. The molecular weight excluding hydrogens is 382 g/mol. The fourth-order valence-electron chi connectivity index (χ4n) is 3.24. The summed E-state index contributed by atoms with van der Waals surface area (Å²) in [6, 6.07) is 8.94. The predicted octanol–water partition coefficient (Wildman–Crippen LogP) is 3.23. The van der Waals surface area contributed by atoms with Crippen LogP contribution in [0.25, 0.3) is 10.9 Å². The van der Waals surface area contributed by atoms with E-state index in [4.69, 9.17) is 17.0 Å². The van der Waals surface area contributed by atoms with Gasteiger partial charge in [-0.25, -0.2) is 0 Å². The summed E-state index contributed by atoms with van der Waals surface area (Å²) in [5.41, 5.74) is 0.896. The van der Waals surface area contributed by atoms with Crippen molar-refractivity contribution >= 4 is 40.4 Å². The lowest BCUT2D eigenvalue weighted by Crippen LogP contribution is -2.28. The number of rotatable bonds is 5. The van der Waals surface area contributed by atoms with Crippen molar-refractivity contribution in [1.29, 1.82) is 0 Å². The summed E-state index contributed by atoms with van der Waals surface area (Å²) in [6.07, 6.45) is 1.97. The number of aromatic nitrogens is 2. The minimum absolute atomic E-state index is 0.0255. The highest BCUT2D eigenvalue weighted by Gasteiger charge is 2.18. The Morgan fingerprint density at radius 2 is 2.30 bits per heavy atom. The fourth-order valence-corrected chi connectivity index (χ4v) is 4.15. The quantitative estimate of drug-likeness (QED) is 0.644. The van der Waals surface area contributed by atoms with Crippen molar-refractivity contribution in [3.8, 4) is 0 Å². The van der Waals surface area contributed by atoms with Crippen LogP contribution in [0.2, 0.25) is 0 Å². The molecule has 1 saturated heterocycles. The van der Waals surface area contributed by atoms with Crippen molar-refractivity contribution in [3.63, 3.8) is 0 Å². The van der Waals surface area contributed by atoms with Crippen molar-refractivity contribution < 1.29 is 9.53 Å². The Bertz CT molecular complexity index is 1080. The predicted molar refractivity (Wildman–Crippen MR) is 108 cm³/mol. The van der Waals surface area contributed by atoms with E-state index in [-0.39, 0.29) is 17.6 Å². The van der Waals surface area contributed by atoms with Gasteiger partial charge in [-0.3, -0.25) is 14.2 Å². The summed E-state index contributed by atoms with van der Waals surface area (Å²) in [5, 5.41) is 5.37. The molecule has 0 unspecified atom stereocenters. The van der Waals surface area contributed by atoms with E-state index in [0.29, 0.717) is 34.3 Å². The second kappa shape index (κ2) is 7.75. The van der Waals surface area contributed by atoms with Gasteiger partial charge in [0, 0.05) is 17.0 Å². The van der Waals surface area contributed by atoms with Gasteiger partial charge in [0.05, 0.1) is 30.1 Å². The van der Waals surface area contributed by atoms with Gasteiger partial charge in [0.15, 0.2) is 4.77 Å². The molecule has 3 heterocycles. The summed E-state index contributed by atoms with van der Waals surface area (Å²) < 4.78 is 7.51. The smallest absolute Gasteiger partial charge is 0.262 e. The second-order valence-corrected chi connectivity index (χ2v) is 7.92. The molecule has 1 atom stereocenters. The van der Waals surface area contributed by atoms with Crippen molar-refractivity contribution in [1.82, 2.24) is 14.9 Å². The summed E-state index contributed by atoms with van der Waals surface area (Å²) >= 11 is 6.96. The van der Waals surface area contributed by atoms with Gasteiger partial charge >= 0.3 is 0 Å². The maximum atomic E-state index is 12.8. The van der Waals surface area contributed by atoms with Gasteiger partial charge in [-0.1, -0.05) is 6.07 Å². The van der Waals surface area contributed by atoms with Crippen molar-refractivity contribution in [2.75, 3.05) is 6.61 Å². The number of nitrogens with one attached hydrogen (secondary N) is 2. The van der Waals surface area contributed by atoms with Crippen molar-refractivity contribution in [2.45, 2.75) is 32.0 Å². The number of amides is 1. The van der Waals surface area contributed by atoms with Gasteiger partial charge in [0.1, 0.15) is 0 Å². The minimum Gasteiger partial charge on any atom is -0.376 e. The summed E-state index contributed by atoms with van der Waals surface area (Å²) in [5.74, 6) is -0.187. The van der Waals surface area contributed by atoms with E-state index in [0.717, 1.165) is 24.3 Å². The van der Waals surface area contributed by atoms with Crippen LogP contribution in [0.1, 0.15) is 28.1 Å². The monoisotopic (exact) mass is 401 g/mol. The zero-order valence-electron chi connectivity index (χ0n) is 14.6. The Kier molecular flexibility index (Phi) is 5.20. The highest BCUT2D eigenvalue weighted by molar-refractivity contribution is 7.71. The zero-order valence-corrected chi connectivity index (χ0v) is 16.2. The van der Waals surface area contributed by atoms with Crippen LogP contribution >= 0.6 is 23.6 Å². The molecule has 4 rings (SSSR count). The molecule has 1 amide bonds. The van der Waals surface area contributed by atoms with E-state index in [9.17, 15) is 9.59 Å². The average Bonchev–Trinajstić information content (AvgIpc) is 3.36. The van der Waals surface area contributed by atoms with Gasteiger partial charge in [0.2, 0.25) is 0 Å². The first-order valence-electron chi connectivity index (χ1n) is 8.81. The van der Waals surface area contributed by atoms with E-state index < -0.39 is 0 Å². The number of aromatic amines is 1. The lowest BCUT2D eigenvalue weighted by Gasteiger charge is -2.13. The summed E-state index contributed by atoms with van der Waals surface area (Å²) in [7, 11) is 0. The lowest BCUT2D eigenvalue weighted by atomic mass is 10.1. The number of carbonyl (C=O) groups is 1. The maximum absolute atomic E-state index is 12.8. The number of fused-ring (bicyclic) bond motifs is 1. The third kappa shape index (κ3) is 3.87. The van der Waals surface area contributed by atoms with Gasteiger partial charge in [0.25, 0.3) is 11.5 Å². The molecule has 2 aromatic heterocycles. The van der Waals surface area contributed by atoms with E-state index in [2.05, 4.69) is 10.3 Å². The molecule has 0 saturated carbocycles. The van der Waals surface area contributed by atoms with Crippen LogP contribution in [0.15, 0.2) is 40.5 Å². The summed E-state index contributed by atoms with van der Waals surface area (Å²) in [6.45, 7) is 1.66. The van der Waals surface area contributed by atoms with Crippen LogP contribution in [0, 0.1) is 4.77 Å². The molecule has 3 aromatic rings. The third-order valence-electron chi connectivity index (χ3n) is 4.66.